The van der Waals surface area contributed by atoms with Gasteiger partial charge in [0.25, 0.3) is 0 Å². The Morgan fingerprint density at radius 1 is 0.863 bits per heavy atom. The van der Waals surface area contributed by atoms with Gasteiger partial charge in [-0.25, -0.2) is 0 Å². The summed E-state index contributed by atoms with van der Waals surface area (Å²) in [4.78, 5) is 6.46. The number of hydrogen-bond acceptors (Lipinski definition) is 3. The quantitative estimate of drug-likeness (QED) is 0.0875. The molecule has 0 aromatic heterocycles. The third kappa shape index (κ3) is 7.95. The lowest BCUT2D eigenvalue weighted by Gasteiger charge is -2.43. The highest BCUT2D eigenvalue weighted by Crippen LogP contribution is 2.49. The van der Waals surface area contributed by atoms with Crippen LogP contribution in [0.15, 0.2) is 114 Å². The molecule has 0 amide bonds. The molecule has 0 aliphatic carbocycles. The number of anilines is 2. The van der Waals surface area contributed by atoms with Crippen LogP contribution in [-0.4, -0.2) is 24.9 Å². The highest BCUT2D eigenvalue weighted by Gasteiger charge is 2.39. The summed E-state index contributed by atoms with van der Waals surface area (Å²) in [6.07, 6.45) is 16.3. The van der Waals surface area contributed by atoms with Crippen molar-refractivity contribution in [3.05, 3.63) is 126 Å². The SMILES string of the molecule is C=C(C)CCCCCN1/C(=C/C=C/c2cc(-c3ccccc3)cc3cc4c(cc23)C(C)=CC(C)(C)N4CC)C(C)(C)c2cc(SC)ccc21.CC. The van der Waals surface area contributed by atoms with E-state index < -0.39 is 0 Å². The summed E-state index contributed by atoms with van der Waals surface area (Å²) in [5.41, 5.74) is 13.1. The summed E-state index contributed by atoms with van der Waals surface area (Å²) < 4.78 is 0. The maximum Gasteiger partial charge on any atom is 0.0534 e. The summed E-state index contributed by atoms with van der Waals surface area (Å²) >= 11 is 1.82. The molecule has 0 spiro atoms. The van der Waals surface area contributed by atoms with Crippen molar-refractivity contribution >= 4 is 45.6 Å². The molecule has 0 bridgehead atoms. The second-order valence-electron chi connectivity index (χ2n) is 15.1. The van der Waals surface area contributed by atoms with Crippen molar-refractivity contribution < 1.29 is 0 Å². The molecule has 0 fully saturated rings. The van der Waals surface area contributed by atoms with Gasteiger partial charge in [0.05, 0.1) is 5.54 Å². The molecule has 0 N–H and O–H groups in total. The molecule has 2 heterocycles. The molecule has 0 saturated heterocycles. The summed E-state index contributed by atoms with van der Waals surface area (Å²) in [6, 6.07) is 27.5. The fraction of sp³-hybridized carbons (Fsp3) is 0.375. The van der Waals surface area contributed by atoms with E-state index in [2.05, 4.69) is 168 Å². The van der Waals surface area contributed by atoms with Gasteiger partial charge in [-0.1, -0.05) is 88.2 Å². The molecule has 0 saturated carbocycles. The Morgan fingerprint density at radius 3 is 2.29 bits per heavy atom. The predicted octanol–water partition coefficient (Wildman–Crippen LogP) is 14.1. The number of unbranched alkanes of at least 4 members (excludes halogenated alkanes) is 2. The van der Waals surface area contributed by atoms with Gasteiger partial charge < -0.3 is 9.80 Å². The van der Waals surface area contributed by atoms with E-state index in [1.165, 1.54) is 91.0 Å². The van der Waals surface area contributed by atoms with Crippen molar-refractivity contribution in [2.45, 2.75) is 104 Å². The molecule has 6 rings (SSSR count). The topological polar surface area (TPSA) is 6.48 Å². The second kappa shape index (κ2) is 16.2. The van der Waals surface area contributed by atoms with E-state index in [1.54, 1.807) is 0 Å². The molecule has 0 radical (unpaired) electrons. The van der Waals surface area contributed by atoms with Crippen LogP contribution in [0.2, 0.25) is 0 Å². The van der Waals surface area contributed by atoms with Crippen LogP contribution in [-0.2, 0) is 5.41 Å². The van der Waals surface area contributed by atoms with Crippen LogP contribution in [0.4, 0.5) is 11.4 Å². The first kappa shape index (κ1) is 38.3. The number of thioether (sulfide) groups is 1. The Labute approximate surface area is 314 Å². The van der Waals surface area contributed by atoms with Gasteiger partial charge >= 0.3 is 0 Å². The predicted molar refractivity (Wildman–Crippen MR) is 230 cm³/mol. The van der Waals surface area contributed by atoms with Crippen LogP contribution < -0.4 is 9.80 Å². The molecule has 2 nitrogen and oxygen atoms in total. The van der Waals surface area contributed by atoms with Crippen molar-refractivity contribution in [3.8, 4) is 11.1 Å². The molecule has 4 aromatic carbocycles. The second-order valence-corrected chi connectivity index (χ2v) is 16.0. The smallest absolute Gasteiger partial charge is 0.0534 e. The Kier molecular flexibility index (Phi) is 12.1. The fourth-order valence-electron chi connectivity index (χ4n) is 8.12. The molecule has 268 valence electrons. The molecule has 0 unspecified atom stereocenters. The van der Waals surface area contributed by atoms with Crippen molar-refractivity contribution in [1.82, 2.24) is 0 Å². The first-order valence-electron chi connectivity index (χ1n) is 19.1. The highest BCUT2D eigenvalue weighted by molar-refractivity contribution is 7.98. The van der Waals surface area contributed by atoms with E-state index in [4.69, 9.17) is 0 Å². The molecule has 51 heavy (non-hydrogen) atoms. The number of rotatable bonds is 11. The lowest BCUT2D eigenvalue weighted by atomic mass is 9.83. The maximum atomic E-state index is 4.11. The molecular formula is C48H60N2S. The van der Waals surface area contributed by atoms with Crippen LogP contribution in [0.1, 0.15) is 105 Å². The molecular weight excluding hydrogens is 637 g/mol. The molecule has 0 atom stereocenters. The van der Waals surface area contributed by atoms with Gasteiger partial charge in [-0.2, -0.15) is 0 Å². The minimum Gasteiger partial charge on any atom is -0.363 e. The Bertz CT molecular complexity index is 1960. The molecule has 2 aliphatic rings. The number of benzene rings is 4. The average molecular weight is 697 g/mol. The van der Waals surface area contributed by atoms with Gasteiger partial charge in [0, 0.05) is 46.0 Å². The van der Waals surface area contributed by atoms with E-state index in [-0.39, 0.29) is 11.0 Å². The largest absolute Gasteiger partial charge is 0.363 e. The fourth-order valence-corrected chi connectivity index (χ4v) is 8.56. The minimum absolute atomic E-state index is 0.0236. The Hall–Kier alpha value is -3.95. The number of allylic oxidation sites excluding steroid dienone is 5. The highest BCUT2D eigenvalue weighted by atomic mass is 32.2. The third-order valence-corrected chi connectivity index (χ3v) is 11.3. The van der Waals surface area contributed by atoms with Gasteiger partial charge in [0.1, 0.15) is 0 Å². The van der Waals surface area contributed by atoms with Crippen molar-refractivity contribution in [3.63, 3.8) is 0 Å². The van der Waals surface area contributed by atoms with E-state index in [0.717, 1.165) is 19.5 Å². The first-order chi connectivity index (χ1) is 24.4. The number of hydrogen-bond donors (Lipinski definition) is 0. The van der Waals surface area contributed by atoms with Crippen LogP contribution in [0.3, 0.4) is 0 Å². The number of fused-ring (bicyclic) bond motifs is 3. The van der Waals surface area contributed by atoms with E-state index >= 15 is 0 Å². The minimum atomic E-state index is -0.0888. The van der Waals surface area contributed by atoms with Crippen LogP contribution in [0.5, 0.6) is 0 Å². The third-order valence-electron chi connectivity index (χ3n) is 10.6. The summed E-state index contributed by atoms with van der Waals surface area (Å²) in [5, 5.41) is 2.58. The lowest BCUT2D eigenvalue weighted by Crippen LogP contribution is -2.44. The van der Waals surface area contributed by atoms with Crippen LogP contribution in [0.25, 0.3) is 33.5 Å². The monoisotopic (exact) mass is 696 g/mol. The lowest BCUT2D eigenvalue weighted by molar-refractivity contribution is 0.567. The van der Waals surface area contributed by atoms with Gasteiger partial charge in [-0.05, 0) is 147 Å². The van der Waals surface area contributed by atoms with Crippen LogP contribution >= 0.6 is 11.8 Å². The summed E-state index contributed by atoms with van der Waals surface area (Å²) in [5.74, 6) is 0. The standard InChI is InChI=1S/C46H54N2S.C2H6/c1-10-48-43-28-37-27-36(34-19-14-11-15-20-34)26-35(40(37)30-39(43)33(4)31-45(48,5)6)21-17-22-44-46(7,8)41-29-38(49-9)23-24-42(41)47(44)25-16-12-13-18-32(2)3;1-2/h11,14-15,17,19-24,26-31H,2,10,12-13,16,18,25H2,1,3-9H3;1-2H3/b21-17+,44-22+;. The molecule has 3 heteroatoms. The summed E-state index contributed by atoms with van der Waals surface area (Å²) in [7, 11) is 0. The van der Waals surface area contributed by atoms with Gasteiger partial charge in [0.15, 0.2) is 0 Å². The first-order valence-corrected chi connectivity index (χ1v) is 20.3. The van der Waals surface area contributed by atoms with Gasteiger partial charge in [-0.15, -0.1) is 18.3 Å². The summed E-state index contributed by atoms with van der Waals surface area (Å²) in [6.45, 7) is 26.2. The van der Waals surface area contributed by atoms with Crippen molar-refractivity contribution in [2.75, 3.05) is 29.1 Å². The zero-order chi connectivity index (χ0) is 36.9. The normalized spacial score (nSPS) is 16.6. The van der Waals surface area contributed by atoms with Gasteiger partial charge in [0.2, 0.25) is 0 Å². The maximum absolute atomic E-state index is 4.11. The zero-order valence-corrected chi connectivity index (χ0v) is 33.8. The van der Waals surface area contributed by atoms with Crippen LogP contribution in [0, 0.1) is 0 Å². The van der Waals surface area contributed by atoms with Crippen molar-refractivity contribution in [1.29, 1.82) is 0 Å². The van der Waals surface area contributed by atoms with E-state index in [9.17, 15) is 0 Å². The molecule has 2 aliphatic heterocycles. The number of nitrogens with zero attached hydrogens (tertiary/aromatic N) is 2. The van der Waals surface area contributed by atoms with Crippen molar-refractivity contribution in [2.24, 2.45) is 0 Å². The zero-order valence-electron chi connectivity index (χ0n) is 33.0. The van der Waals surface area contributed by atoms with E-state index in [0.29, 0.717) is 0 Å². The molecule has 4 aromatic rings. The van der Waals surface area contributed by atoms with Gasteiger partial charge in [-0.3, -0.25) is 0 Å². The Morgan fingerprint density at radius 2 is 1.61 bits per heavy atom. The van der Waals surface area contributed by atoms with E-state index in [1.807, 2.05) is 25.6 Å². The average Bonchev–Trinajstić information content (AvgIpc) is 3.32. The number of likely N-dealkylation sites (N-methyl/N-ethyl adjacent to an activating group) is 1. The Balaban J connectivity index is 0.00000248.